The van der Waals surface area contributed by atoms with Crippen molar-refractivity contribution in [3.05, 3.63) is 66.0 Å². The molecule has 0 aliphatic carbocycles. The highest BCUT2D eigenvalue weighted by molar-refractivity contribution is 5.82. The molecule has 0 amide bonds. The van der Waals surface area contributed by atoms with Crippen LogP contribution in [-0.4, -0.2) is 29.4 Å². The number of rotatable bonds is 6. The summed E-state index contributed by atoms with van der Waals surface area (Å²) in [7, 11) is 0. The minimum Gasteiger partial charge on any atom is -0.491 e. The van der Waals surface area contributed by atoms with Crippen LogP contribution in [0.3, 0.4) is 0 Å². The fourth-order valence-corrected chi connectivity index (χ4v) is 2.44. The maximum absolute atomic E-state index is 10.1. The highest BCUT2D eigenvalue weighted by Crippen LogP contribution is 2.21. The van der Waals surface area contributed by atoms with Crippen LogP contribution >= 0.6 is 0 Å². The minimum absolute atomic E-state index is 0.177. The van der Waals surface area contributed by atoms with E-state index in [2.05, 4.69) is 4.98 Å². The molecule has 0 spiro atoms. The highest BCUT2D eigenvalue weighted by Gasteiger charge is 2.08. The van der Waals surface area contributed by atoms with Crippen molar-refractivity contribution >= 4 is 10.8 Å². The average molecular weight is 323 g/mol. The predicted molar refractivity (Wildman–Crippen MR) is 94.7 cm³/mol. The zero-order valence-corrected chi connectivity index (χ0v) is 13.9. The number of aliphatic hydroxyl groups is 1. The molecule has 3 rings (SSSR count). The lowest BCUT2D eigenvalue weighted by molar-refractivity contribution is 0.0624. The van der Waals surface area contributed by atoms with Gasteiger partial charge in [0, 0.05) is 17.8 Å². The molecule has 4 heteroatoms. The van der Waals surface area contributed by atoms with Gasteiger partial charge in [-0.1, -0.05) is 18.2 Å². The highest BCUT2D eigenvalue weighted by atomic mass is 16.5. The molecular weight excluding hydrogens is 302 g/mol. The van der Waals surface area contributed by atoms with Crippen molar-refractivity contribution in [1.82, 2.24) is 4.98 Å². The summed E-state index contributed by atoms with van der Waals surface area (Å²) in [6.07, 6.45) is 2.86. The number of fused-ring (bicyclic) bond motifs is 1. The van der Waals surface area contributed by atoms with E-state index >= 15 is 0 Å². The Hall–Kier alpha value is -2.59. The number of aliphatic hydroxyl groups excluding tert-OH is 1. The van der Waals surface area contributed by atoms with E-state index in [0.29, 0.717) is 5.75 Å². The zero-order valence-electron chi connectivity index (χ0n) is 13.9. The minimum atomic E-state index is -0.700. The summed E-state index contributed by atoms with van der Waals surface area (Å²) in [5, 5.41) is 12.2. The Morgan fingerprint density at radius 1 is 0.958 bits per heavy atom. The summed E-state index contributed by atoms with van der Waals surface area (Å²) < 4.78 is 11.4. The van der Waals surface area contributed by atoms with Crippen LogP contribution in [0.25, 0.3) is 10.8 Å². The first-order valence-corrected chi connectivity index (χ1v) is 7.96. The van der Waals surface area contributed by atoms with Gasteiger partial charge in [-0.05, 0) is 54.6 Å². The van der Waals surface area contributed by atoms with E-state index < -0.39 is 6.10 Å². The number of nitrogens with zero attached hydrogens (tertiary/aromatic N) is 1. The van der Waals surface area contributed by atoms with Crippen LogP contribution in [0.15, 0.2) is 54.9 Å². The topological polar surface area (TPSA) is 51.6 Å². The molecule has 1 aromatic heterocycles. The lowest BCUT2D eigenvalue weighted by Crippen LogP contribution is -2.25. The Bertz CT molecular complexity index is 832. The summed E-state index contributed by atoms with van der Waals surface area (Å²) in [6, 6.07) is 13.8. The van der Waals surface area contributed by atoms with Gasteiger partial charge in [0.15, 0.2) is 0 Å². The van der Waals surface area contributed by atoms with Crippen LogP contribution in [0.4, 0.5) is 0 Å². The summed E-state index contributed by atoms with van der Waals surface area (Å²) in [5.74, 6) is 1.51. The zero-order chi connectivity index (χ0) is 16.9. The Morgan fingerprint density at radius 3 is 2.67 bits per heavy atom. The Labute approximate surface area is 141 Å². The van der Waals surface area contributed by atoms with Crippen molar-refractivity contribution < 1.29 is 14.6 Å². The van der Waals surface area contributed by atoms with Gasteiger partial charge in [0.05, 0.1) is 0 Å². The number of hydrogen-bond donors (Lipinski definition) is 1. The fraction of sp³-hybridized carbons (Fsp3) is 0.250. The molecular formula is C20H21NO3. The number of hydrogen-bond acceptors (Lipinski definition) is 4. The third kappa shape index (κ3) is 4.03. The SMILES string of the molecule is Cc1ccc(C)c(OCC(O)COc2ccc3ccncc3c2)c1. The molecule has 0 aliphatic rings. The first-order valence-electron chi connectivity index (χ1n) is 7.96. The fourth-order valence-electron chi connectivity index (χ4n) is 2.44. The quantitative estimate of drug-likeness (QED) is 0.752. The number of aromatic nitrogens is 1. The van der Waals surface area contributed by atoms with Gasteiger partial charge in [0.25, 0.3) is 0 Å². The van der Waals surface area contributed by atoms with Gasteiger partial charge >= 0.3 is 0 Å². The lowest BCUT2D eigenvalue weighted by atomic mass is 10.1. The van der Waals surface area contributed by atoms with Gasteiger partial charge in [-0.2, -0.15) is 0 Å². The van der Waals surface area contributed by atoms with Crippen LogP contribution in [0.5, 0.6) is 11.5 Å². The van der Waals surface area contributed by atoms with E-state index in [-0.39, 0.29) is 13.2 Å². The maximum atomic E-state index is 10.1. The molecule has 3 aromatic rings. The summed E-state index contributed by atoms with van der Waals surface area (Å²) in [6.45, 7) is 4.37. The second kappa shape index (κ2) is 7.32. The predicted octanol–water partition coefficient (Wildman–Crippen LogP) is 3.67. The van der Waals surface area contributed by atoms with Crippen LogP contribution in [0, 0.1) is 13.8 Å². The molecule has 2 aromatic carbocycles. The van der Waals surface area contributed by atoms with Gasteiger partial charge in [0.1, 0.15) is 30.8 Å². The molecule has 1 heterocycles. The first-order chi connectivity index (χ1) is 11.6. The van der Waals surface area contributed by atoms with Gasteiger partial charge in [-0.3, -0.25) is 4.98 Å². The van der Waals surface area contributed by atoms with Crippen molar-refractivity contribution in [2.45, 2.75) is 20.0 Å². The normalized spacial score (nSPS) is 12.1. The van der Waals surface area contributed by atoms with Crippen molar-refractivity contribution in [3.63, 3.8) is 0 Å². The molecule has 124 valence electrons. The molecule has 0 bridgehead atoms. The second-order valence-corrected chi connectivity index (χ2v) is 5.93. The van der Waals surface area contributed by atoms with Gasteiger partial charge in [0.2, 0.25) is 0 Å². The van der Waals surface area contributed by atoms with E-state index in [1.165, 1.54) is 0 Å². The van der Waals surface area contributed by atoms with Crippen LogP contribution in [0.2, 0.25) is 0 Å². The van der Waals surface area contributed by atoms with Crippen LogP contribution in [0.1, 0.15) is 11.1 Å². The Morgan fingerprint density at radius 2 is 1.79 bits per heavy atom. The van der Waals surface area contributed by atoms with Crippen molar-refractivity contribution in [2.24, 2.45) is 0 Å². The molecule has 0 radical (unpaired) electrons. The molecule has 1 atom stereocenters. The molecule has 4 nitrogen and oxygen atoms in total. The van der Waals surface area contributed by atoms with Gasteiger partial charge < -0.3 is 14.6 Å². The molecule has 0 aliphatic heterocycles. The molecule has 0 fully saturated rings. The summed E-state index contributed by atoms with van der Waals surface area (Å²) in [5.41, 5.74) is 2.18. The third-order valence-electron chi connectivity index (χ3n) is 3.83. The molecule has 0 saturated heterocycles. The van der Waals surface area contributed by atoms with Crippen LogP contribution < -0.4 is 9.47 Å². The third-order valence-corrected chi connectivity index (χ3v) is 3.83. The van der Waals surface area contributed by atoms with E-state index in [0.717, 1.165) is 27.6 Å². The summed E-state index contributed by atoms with van der Waals surface area (Å²) in [4.78, 5) is 4.10. The van der Waals surface area contributed by atoms with E-state index in [1.54, 1.807) is 12.4 Å². The Balaban J connectivity index is 1.54. The van der Waals surface area contributed by atoms with Gasteiger partial charge in [-0.25, -0.2) is 0 Å². The molecule has 1 unspecified atom stereocenters. The standard InChI is InChI=1S/C20H21NO3/c1-14-3-4-15(2)20(9-14)24-13-18(22)12-23-19-6-5-16-7-8-21-11-17(16)10-19/h3-11,18,22H,12-13H2,1-2H3. The van der Waals surface area contributed by atoms with Crippen molar-refractivity contribution in [2.75, 3.05) is 13.2 Å². The molecule has 24 heavy (non-hydrogen) atoms. The van der Waals surface area contributed by atoms with E-state index in [1.807, 2.05) is 56.3 Å². The molecule has 0 saturated carbocycles. The van der Waals surface area contributed by atoms with Crippen molar-refractivity contribution in [3.8, 4) is 11.5 Å². The van der Waals surface area contributed by atoms with E-state index in [4.69, 9.17) is 9.47 Å². The average Bonchev–Trinajstić information content (AvgIpc) is 2.60. The number of aryl methyl sites for hydroxylation is 2. The molecule has 1 N–H and O–H groups in total. The first kappa shape index (κ1) is 16.3. The number of pyridine rings is 1. The smallest absolute Gasteiger partial charge is 0.122 e. The van der Waals surface area contributed by atoms with Crippen LogP contribution in [-0.2, 0) is 0 Å². The lowest BCUT2D eigenvalue weighted by Gasteiger charge is -2.15. The Kier molecular flexibility index (Phi) is 4.96. The second-order valence-electron chi connectivity index (χ2n) is 5.93. The monoisotopic (exact) mass is 323 g/mol. The van der Waals surface area contributed by atoms with Gasteiger partial charge in [-0.15, -0.1) is 0 Å². The number of ether oxygens (including phenoxy) is 2. The summed E-state index contributed by atoms with van der Waals surface area (Å²) >= 11 is 0. The maximum Gasteiger partial charge on any atom is 0.122 e. The van der Waals surface area contributed by atoms with Crippen molar-refractivity contribution in [1.29, 1.82) is 0 Å². The number of benzene rings is 2. The van der Waals surface area contributed by atoms with E-state index in [9.17, 15) is 5.11 Å². The largest absolute Gasteiger partial charge is 0.491 e.